The second-order valence-corrected chi connectivity index (χ2v) is 3.33. The number of hydrogen-bond acceptors (Lipinski definition) is 2. The van der Waals surface area contributed by atoms with E-state index < -0.39 is 0 Å². The molecule has 2 fully saturated rings. The molecule has 2 rings (SSSR count). The summed E-state index contributed by atoms with van der Waals surface area (Å²) in [5.41, 5.74) is 0. The Balaban J connectivity index is 1.99. The van der Waals surface area contributed by atoms with Crippen molar-refractivity contribution >= 4 is 0 Å². The second-order valence-electron chi connectivity index (χ2n) is 3.33. The van der Waals surface area contributed by atoms with Gasteiger partial charge in [0.2, 0.25) is 0 Å². The summed E-state index contributed by atoms with van der Waals surface area (Å²) in [6.07, 6.45) is 2.08. The highest BCUT2D eigenvalue weighted by atomic mass is 16.3. The topological polar surface area (TPSA) is 40.5 Å². The Kier molecular flexibility index (Phi) is 1.08. The van der Waals surface area contributed by atoms with Gasteiger partial charge in [-0.25, -0.2) is 0 Å². The molecule has 0 aliphatic heterocycles. The monoisotopic (exact) mass is 128 g/mol. The zero-order valence-corrected chi connectivity index (χ0v) is 5.33. The Bertz CT molecular complexity index is 124. The summed E-state index contributed by atoms with van der Waals surface area (Å²) in [4.78, 5) is 0. The first-order valence-corrected chi connectivity index (χ1v) is 3.62. The van der Waals surface area contributed by atoms with Gasteiger partial charge in [0.1, 0.15) is 0 Å². The lowest BCUT2D eigenvalue weighted by Crippen LogP contribution is -2.20. The average molecular weight is 128 g/mol. The Morgan fingerprint density at radius 1 is 1.33 bits per heavy atom. The summed E-state index contributed by atoms with van der Waals surface area (Å²) in [7, 11) is 0. The molecule has 2 heteroatoms. The molecule has 52 valence electrons. The van der Waals surface area contributed by atoms with Gasteiger partial charge in [0, 0.05) is 12.5 Å². The molecule has 0 aromatic carbocycles. The summed E-state index contributed by atoms with van der Waals surface area (Å²) in [6, 6.07) is 0. The van der Waals surface area contributed by atoms with Crippen molar-refractivity contribution in [2.75, 3.05) is 6.61 Å². The van der Waals surface area contributed by atoms with E-state index in [1.165, 1.54) is 6.42 Å². The summed E-state index contributed by atoms with van der Waals surface area (Å²) in [5, 5.41) is 18.1. The van der Waals surface area contributed by atoms with Gasteiger partial charge in [0.05, 0.1) is 6.10 Å². The van der Waals surface area contributed by atoms with Gasteiger partial charge in [-0.2, -0.15) is 0 Å². The molecule has 4 atom stereocenters. The van der Waals surface area contributed by atoms with Gasteiger partial charge in [-0.1, -0.05) is 0 Å². The van der Waals surface area contributed by atoms with Crippen LogP contribution in [0.15, 0.2) is 0 Å². The van der Waals surface area contributed by atoms with E-state index in [0.29, 0.717) is 5.92 Å². The van der Waals surface area contributed by atoms with Crippen molar-refractivity contribution in [1.29, 1.82) is 0 Å². The van der Waals surface area contributed by atoms with E-state index >= 15 is 0 Å². The standard InChI is InChI=1S/C7H12O2/c8-3-5-1-4-2-6(4)7(5)9/h4-9H,1-3H2/t4?,5-,6-,7?/m0/s1. The molecule has 0 spiro atoms. The molecule has 2 aliphatic carbocycles. The normalized spacial score (nSPS) is 55.3. The van der Waals surface area contributed by atoms with Crippen molar-refractivity contribution in [3.63, 3.8) is 0 Å². The zero-order chi connectivity index (χ0) is 6.43. The molecule has 2 nitrogen and oxygen atoms in total. The van der Waals surface area contributed by atoms with E-state index in [0.717, 1.165) is 12.3 Å². The SMILES string of the molecule is OC[C@@H]1CC2C[C@@H]2C1O. The summed E-state index contributed by atoms with van der Waals surface area (Å²) >= 11 is 0. The van der Waals surface area contributed by atoms with Gasteiger partial charge >= 0.3 is 0 Å². The Morgan fingerprint density at radius 2 is 2.11 bits per heavy atom. The van der Waals surface area contributed by atoms with Crippen LogP contribution >= 0.6 is 0 Å². The van der Waals surface area contributed by atoms with Crippen LogP contribution in [0, 0.1) is 17.8 Å². The van der Waals surface area contributed by atoms with E-state index in [4.69, 9.17) is 5.11 Å². The average Bonchev–Trinajstić information content (AvgIpc) is 2.55. The number of rotatable bonds is 1. The van der Waals surface area contributed by atoms with E-state index in [2.05, 4.69) is 0 Å². The second kappa shape index (κ2) is 1.70. The van der Waals surface area contributed by atoms with Gasteiger partial charge in [0.25, 0.3) is 0 Å². The van der Waals surface area contributed by atoms with E-state index in [-0.39, 0.29) is 18.6 Å². The van der Waals surface area contributed by atoms with Gasteiger partial charge in [0.15, 0.2) is 0 Å². The molecule has 0 amide bonds. The lowest BCUT2D eigenvalue weighted by molar-refractivity contribution is 0.0706. The minimum absolute atomic E-state index is 0.175. The van der Waals surface area contributed by atoms with E-state index in [1.54, 1.807) is 0 Å². The van der Waals surface area contributed by atoms with Crippen LogP contribution in [-0.2, 0) is 0 Å². The first-order valence-electron chi connectivity index (χ1n) is 3.62. The quantitative estimate of drug-likeness (QED) is 0.521. The molecular weight excluding hydrogens is 116 g/mol. The predicted molar refractivity (Wildman–Crippen MR) is 32.8 cm³/mol. The van der Waals surface area contributed by atoms with Crippen molar-refractivity contribution in [3.05, 3.63) is 0 Å². The Labute approximate surface area is 54.5 Å². The molecule has 0 bridgehead atoms. The number of aliphatic hydroxyl groups is 2. The maximum absolute atomic E-state index is 9.34. The highest BCUT2D eigenvalue weighted by molar-refractivity contribution is 5.01. The minimum Gasteiger partial charge on any atom is -0.396 e. The van der Waals surface area contributed by atoms with Crippen LogP contribution < -0.4 is 0 Å². The molecule has 2 saturated carbocycles. The molecule has 0 aromatic rings. The molecular formula is C7H12O2. The first kappa shape index (κ1) is 5.69. The van der Waals surface area contributed by atoms with E-state index in [1.807, 2.05) is 0 Å². The number of fused-ring (bicyclic) bond motifs is 1. The molecule has 0 saturated heterocycles. The van der Waals surface area contributed by atoms with Crippen LogP contribution in [0.4, 0.5) is 0 Å². The highest BCUT2D eigenvalue weighted by Gasteiger charge is 2.52. The van der Waals surface area contributed by atoms with Crippen molar-refractivity contribution in [1.82, 2.24) is 0 Å². The Morgan fingerprint density at radius 3 is 2.44 bits per heavy atom. The minimum atomic E-state index is -0.181. The fourth-order valence-electron chi connectivity index (χ4n) is 2.02. The van der Waals surface area contributed by atoms with Gasteiger partial charge < -0.3 is 10.2 Å². The molecule has 2 unspecified atom stereocenters. The van der Waals surface area contributed by atoms with Crippen LogP contribution in [0.2, 0.25) is 0 Å². The fourth-order valence-corrected chi connectivity index (χ4v) is 2.02. The molecule has 2 aliphatic rings. The zero-order valence-electron chi connectivity index (χ0n) is 5.33. The smallest absolute Gasteiger partial charge is 0.0621 e. The molecule has 0 aromatic heterocycles. The lowest BCUT2D eigenvalue weighted by atomic mass is 10.0. The van der Waals surface area contributed by atoms with Crippen molar-refractivity contribution < 1.29 is 10.2 Å². The molecule has 9 heavy (non-hydrogen) atoms. The van der Waals surface area contributed by atoms with Gasteiger partial charge in [-0.3, -0.25) is 0 Å². The third-order valence-electron chi connectivity index (χ3n) is 2.74. The largest absolute Gasteiger partial charge is 0.396 e. The van der Waals surface area contributed by atoms with Crippen molar-refractivity contribution in [2.24, 2.45) is 17.8 Å². The fraction of sp³-hybridized carbons (Fsp3) is 1.00. The number of aliphatic hydroxyl groups excluding tert-OH is 2. The van der Waals surface area contributed by atoms with Crippen LogP contribution in [0.1, 0.15) is 12.8 Å². The summed E-state index contributed by atoms with van der Waals surface area (Å²) in [5.74, 6) is 1.52. The van der Waals surface area contributed by atoms with Crippen molar-refractivity contribution in [3.8, 4) is 0 Å². The predicted octanol–water partition coefficient (Wildman–Crippen LogP) is -0.00440. The van der Waals surface area contributed by atoms with Crippen LogP contribution in [0.25, 0.3) is 0 Å². The first-order chi connectivity index (χ1) is 4.33. The van der Waals surface area contributed by atoms with E-state index in [9.17, 15) is 5.11 Å². The van der Waals surface area contributed by atoms with Crippen molar-refractivity contribution in [2.45, 2.75) is 18.9 Å². The molecule has 0 heterocycles. The van der Waals surface area contributed by atoms with Gasteiger partial charge in [-0.15, -0.1) is 0 Å². The van der Waals surface area contributed by atoms with Crippen LogP contribution in [0.5, 0.6) is 0 Å². The third kappa shape index (κ3) is 0.700. The number of hydrogen-bond donors (Lipinski definition) is 2. The molecule has 0 radical (unpaired) electrons. The summed E-state index contributed by atoms with van der Waals surface area (Å²) < 4.78 is 0. The van der Waals surface area contributed by atoms with Gasteiger partial charge in [-0.05, 0) is 24.7 Å². The Hall–Kier alpha value is -0.0800. The lowest BCUT2D eigenvalue weighted by Gasteiger charge is -2.13. The highest BCUT2D eigenvalue weighted by Crippen LogP contribution is 2.54. The third-order valence-corrected chi connectivity index (χ3v) is 2.74. The summed E-state index contributed by atoms with van der Waals surface area (Å²) in [6.45, 7) is 0.175. The molecule has 2 N–H and O–H groups in total. The van der Waals surface area contributed by atoms with Crippen LogP contribution in [0.3, 0.4) is 0 Å². The maximum atomic E-state index is 9.34. The maximum Gasteiger partial charge on any atom is 0.0621 e. The van der Waals surface area contributed by atoms with Crippen LogP contribution in [-0.4, -0.2) is 22.9 Å².